The lowest BCUT2D eigenvalue weighted by Gasteiger charge is -2.21. The molecule has 0 aliphatic rings. The summed E-state index contributed by atoms with van der Waals surface area (Å²) in [5, 5.41) is 14.3. The van der Waals surface area contributed by atoms with Crippen molar-refractivity contribution in [2.75, 3.05) is 13.7 Å². The molecule has 1 unspecified atom stereocenters. The first-order valence-corrected chi connectivity index (χ1v) is 8.53. The van der Waals surface area contributed by atoms with Crippen LogP contribution in [0, 0.1) is 0 Å². The molecule has 3 rings (SSSR count). The molecule has 0 bridgehead atoms. The number of carbonyl (C=O) groups excluding carboxylic acids is 1. The number of para-hydroxylation sites is 1. The van der Waals surface area contributed by atoms with Crippen LogP contribution < -0.4 is 10.1 Å². The van der Waals surface area contributed by atoms with Crippen molar-refractivity contribution in [1.82, 2.24) is 5.32 Å². The Morgan fingerprint density at radius 1 is 1.28 bits per heavy atom. The second-order valence-corrected chi connectivity index (χ2v) is 6.81. The summed E-state index contributed by atoms with van der Waals surface area (Å²) in [6.07, 6.45) is 0. The van der Waals surface area contributed by atoms with Crippen LogP contribution in [0.3, 0.4) is 0 Å². The van der Waals surface area contributed by atoms with E-state index >= 15 is 0 Å². The first-order chi connectivity index (χ1) is 11.9. The summed E-state index contributed by atoms with van der Waals surface area (Å²) >= 11 is 3.35. The van der Waals surface area contributed by atoms with Crippen LogP contribution in [-0.2, 0) is 5.60 Å². The van der Waals surface area contributed by atoms with Crippen molar-refractivity contribution in [1.29, 1.82) is 0 Å². The predicted molar refractivity (Wildman–Crippen MR) is 98.8 cm³/mol. The fourth-order valence-electron chi connectivity index (χ4n) is 2.49. The monoisotopic (exact) mass is 403 g/mol. The zero-order chi connectivity index (χ0) is 18.0. The van der Waals surface area contributed by atoms with Crippen LogP contribution in [0.1, 0.15) is 23.0 Å². The van der Waals surface area contributed by atoms with Gasteiger partial charge in [-0.3, -0.25) is 4.79 Å². The molecule has 1 heterocycles. The zero-order valence-electron chi connectivity index (χ0n) is 13.9. The average molecular weight is 404 g/mol. The maximum Gasteiger partial charge on any atom is 0.252 e. The van der Waals surface area contributed by atoms with Crippen molar-refractivity contribution in [3.05, 3.63) is 64.3 Å². The number of hydrogen-bond donors (Lipinski definition) is 2. The number of methoxy groups -OCH3 is 1. The number of rotatable bonds is 5. The first-order valence-electron chi connectivity index (χ1n) is 7.74. The maximum atomic E-state index is 12.4. The van der Waals surface area contributed by atoms with Crippen LogP contribution in [0.15, 0.2) is 57.4 Å². The Balaban J connectivity index is 1.76. The maximum absolute atomic E-state index is 12.4. The highest BCUT2D eigenvalue weighted by atomic mass is 79.9. The Hall–Kier alpha value is -2.31. The summed E-state index contributed by atoms with van der Waals surface area (Å²) in [7, 11) is 1.54. The van der Waals surface area contributed by atoms with Crippen molar-refractivity contribution in [3.63, 3.8) is 0 Å². The molecular weight excluding hydrogens is 386 g/mol. The fourth-order valence-corrected chi connectivity index (χ4v) is 2.91. The van der Waals surface area contributed by atoms with Crippen molar-refractivity contribution in [3.8, 4) is 5.75 Å². The molecule has 6 heteroatoms. The summed E-state index contributed by atoms with van der Waals surface area (Å²) in [5.41, 5.74) is -0.209. The fraction of sp³-hybridized carbons (Fsp3) is 0.211. The van der Waals surface area contributed by atoms with E-state index in [4.69, 9.17) is 9.15 Å². The Morgan fingerprint density at radius 3 is 2.76 bits per heavy atom. The molecule has 0 spiro atoms. The minimum atomic E-state index is -1.33. The Labute approximate surface area is 153 Å². The van der Waals surface area contributed by atoms with Gasteiger partial charge < -0.3 is 19.6 Å². The standard InChI is InChI=1S/C19H18BrNO4/c1-19(23,17-9-12-5-3-4-6-16(12)25-17)11-21-18(22)14-10-13(24-2)7-8-15(14)20/h3-10,23H,11H2,1-2H3,(H,21,22). The summed E-state index contributed by atoms with van der Waals surface area (Å²) in [5.74, 6) is 0.665. The van der Waals surface area contributed by atoms with Crippen molar-refractivity contribution in [2.45, 2.75) is 12.5 Å². The Morgan fingerprint density at radius 2 is 2.04 bits per heavy atom. The molecular formula is C19H18BrNO4. The number of ether oxygens (including phenoxy) is 1. The van der Waals surface area contributed by atoms with E-state index in [2.05, 4.69) is 21.2 Å². The van der Waals surface area contributed by atoms with Gasteiger partial charge in [-0.2, -0.15) is 0 Å². The van der Waals surface area contributed by atoms with Gasteiger partial charge in [0.25, 0.3) is 5.91 Å². The van der Waals surface area contributed by atoms with Crippen LogP contribution >= 0.6 is 15.9 Å². The second-order valence-electron chi connectivity index (χ2n) is 5.95. The van der Waals surface area contributed by atoms with Gasteiger partial charge in [0.2, 0.25) is 0 Å². The van der Waals surface area contributed by atoms with Crippen LogP contribution in [-0.4, -0.2) is 24.7 Å². The molecule has 2 N–H and O–H groups in total. The van der Waals surface area contributed by atoms with E-state index in [1.165, 1.54) is 7.11 Å². The van der Waals surface area contributed by atoms with Gasteiger partial charge in [0.1, 0.15) is 22.7 Å². The molecule has 0 fully saturated rings. The number of nitrogens with one attached hydrogen (secondary N) is 1. The molecule has 130 valence electrons. The zero-order valence-corrected chi connectivity index (χ0v) is 15.5. The van der Waals surface area contributed by atoms with E-state index in [0.717, 1.165) is 5.39 Å². The summed E-state index contributed by atoms with van der Waals surface area (Å²) in [6, 6.07) is 14.4. The number of amides is 1. The van der Waals surface area contributed by atoms with E-state index in [-0.39, 0.29) is 12.5 Å². The Kier molecular flexibility index (Phi) is 4.83. The molecule has 3 aromatic rings. The van der Waals surface area contributed by atoms with Gasteiger partial charge in [-0.25, -0.2) is 0 Å². The van der Waals surface area contributed by atoms with Gasteiger partial charge in [0, 0.05) is 9.86 Å². The van der Waals surface area contributed by atoms with Crippen molar-refractivity contribution in [2.24, 2.45) is 0 Å². The highest BCUT2D eigenvalue weighted by molar-refractivity contribution is 9.10. The number of carbonyl (C=O) groups is 1. The third kappa shape index (κ3) is 3.70. The summed E-state index contributed by atoms with van der Waals surface area (Å²) in [4.78, 5) is 12.4. The van der Waals surface area contributed by atoms with Crippen LogP contribution in [0.25, 0.3) is 11.0 Å². The van der Waals surface area contributed by atoms with Crippen LogP contribution in [0.4, 0.5) is 0 Å². The minimum absolute atomic E-state index is 0.00923. The molecule has 1 atom stereocenters. The number of aliphatic hydroxyl groups is 1. The van der Waals surface area contributed by atoms with Crippen molar-refractivity contribution < 1.29 is 19.1 Å². The van der Waals surface area contributed by atoms with Crippen LogP contribution in [0.2, 0.25) is 0 Å². The summed E-state index contributed by atoms with van der Waals surface area (Å²) < 4.78 is 11.5. The van der Waals surface area contributed by atoms with Gasteiger partial charge in [0.15, 0.2) is 0 Å². The van der Waals surface area contributed by atoms with E-state index in [0.29, 0.717) is 27.1 Å². The lowest BCUT2D eigenvalue weighted by Crippen LogP contribution is -2.38. The third-order valence-electron chi connectivity index (χ3n) is 3.97. The molecule has 0 radical (unpaired) electrons. The molecule has 1 aromatic heterocycles. The van der Waals surface area contributed by atoms with E-state index in [9.17, 15) is 9.90 Å². The number of hydrogen-bond acceptors (Lipinski definition) is 4. The Bertz CT molecular complexity index is 884. The smallest absolute Gasteiger partial charge is 0.252 e. The summed E-state index contributed by atoms with van der Waals surface area (Å²) in [6.45, 7) is 1.61. The topological polar surface area (TPSA) is 71.7 Å². The van der Waals surface area contributed by atoms with Gasteiger partial charge >= 0.3 is 0 Å². The van der Waals surface area contributed by atoms with E-state index < -0.39 is 5.60 Å². The lowest BCUT2D eigenvalue weighted by molar-refractivity contribution is 0.0344. The number of furan rings is 1. The van der Waals surface area contributed by atoms with E-state index in [1.54, 1.807) is 31.2 Å². The molecule has 5 nitrogen and oxygen atoms in total. The average Bonchev–Trinajstić information content (AvgIpc) is 3.05. The van der Waals surface area contributed by atoms with E-state index in [1.807, 2.05) is 24.3 Å². The molecule has 0 aliphatic carbocycles. The van der Waals surface area contributed by atoms with Gasteiger partial charge in [-0.15, -0.1) is 0 Å². The third-order valence-corrected chi connectivity index (χ3v) is 4.66. The largest absolute Gasteiger partial charge is 0.497 e. The normalized spacial score (nSPS) is 13.4. The molecule has 25 heavy (non-hydrogen) atoms. The quantitative estimate of drug-likeness (QED) is 0.678. The number of fused-ring (bicyclic) bond motifs is 1. The molecule has 0 aliphatic heterocycles. The second kappa shape index (κ2) is 6.90. The van der Waals surface area contributed by atoms with Gasteiger partial charge in [0.05, 0.1) is 19.2 Å². The van der Waals surface area contributed by atoms with Gasteiger partial charge in [-0.05, 0) is 53.2 Å². The number of benzene rings is 2. The molecule has 0 saturated heterocycles. The highest BCUT2D eigenvalue weighted by Gasteiger charge is 2.28. The number of halogens is 1. The first kappa shape index (κ1) is 17.5. The van der Waals surface area contributed by atoms with Crippen molar-refractivity contribution >= 4 is 32.8 Å². The van der Waals surface area contributed by atoms with Gasteiger partial charge in [-0.1, -0.05) is 18.2 Å². The SMILES string of the molecule is COc1ccc(Br)c(C(=O)NCC(C)(O)c2cc3ccccc3o2)c1. The highest BCUT2D eigenvalue weighted by Crippen LogP contribution is 2.28. The molecule has 0 saturated carbocycles. The molecule has 2 aromatic carbocycles. The van der Waals surface area contributed by atoms with Crippen LogP contribution in [0.5, 0.6) is 5.75 Å². The predicted octanol–water partition coefficient (Wildman–Crippen LogP) is 3.84. The molecule has 1 amide bonds. The lowest BCUT2D eigenvalue weighted by atomic mass is 10.0. The minimum Gasteiger partial charge on any atom is -0.497 e.